The van der Waals surface area contributed by atoms with Crippen LogP contribution in [-0.4, -0.2) is 35.3 Å². The van der Waals surface area contributed by atoms with Gasteiger partial charge in [-0.1, -0.05) is 5.16 Å². The van der Waals surface area contributed by atoms with E-state index >= 15 is 0 Å². The van der Waals surface area contributed by atoms with Crippen LogP contribution in [0.5, 0.6) is 5.75 Å². The Morgan fingerprint density at radius 1 is 1.36 bits per heavy atom. The van der Waals surface area contributed by atoms with Crippen molar-refractivity contribution in [3.63, 3.8) is 0 Å². The number of thiazole rings is 1. The van der Waals surface area contributed by atoms with Crippen LogP contribution in [0.25, 0.3) is 10.2 Å². The fourth-order valence-corrected chi connectivity index (χ4v) is 4.03. The lowest BCUT2D eigenvalue weighted by Crippen LogP contribution is -2.29. The van der Waals surface area contributed by atoms with E-state index in [2.05, 4.69) is 15.5 Å². The van der Waals surface area contributed by atoms with E-state index in [-0.39, 0.29) is 24.3 Å². The van der Waals surface area contributed by atoms with Gasteiger partial charge in [-0.05, 0) is 44.7 Å². The van der Waals surface area contributed by atoms with Crippen LogP contribution in [0, 0.1) is 6.92 Å². The lowest BCUT2D eigenvalue weighted by molar-refractivity contribution is 0.0117. The molecule has 2 aromatic heterocycles. The second-order valence-corrected chi connectivity index (χ2v) is 8.10. The molecule has 28 heavy (non-hydrogen) atoms. The van der Waals surface area contributed by atoms with E-state index < -0.39 is 0 Å². The quantitative estimate of drug-likeness (QED) is 0.647. The lowest BCUT2D eigenvalue weighted by Gasteiger charge is -2.22. The van der Waals surface area contributed by atoms with Gasteiger partial charge in [-0.2, -0.15) is 0 Å². The summed E-state index contributed by atoms with van der Waals surface area (Å²) in [5.74, 6) is 0.952. The molecular formula is C20H23N3O4S. The summed E-state index contributed by atoms with van der Waals surface area (Å²) in [4.78, 5) is 16.7. The average Bonchev–Trinajstić information content (AvgIpc) is 3.32. The van der Waals surface area contributed by atoms with Crippen molar-refractivity contribution in [3.8, 4) is 5.75 Å². The van der Waals surface area contributed by atoms with Gasteiger partial charge in [-0.25, -0.2) is 4.98 Å². The normalized spacial score (nSPS) is 17.0. The topological polar surface area (TPSA) is 86.5 Å². The highest BCUT2D eigenvalue weighted by Gasteiger charge is 2.16. The van der Waals surface area contributed by atoms with E-state index in [9.17, 15) is 4.79 Å². The predicted molar refractivity (Wildman–Crippen MR) is 106 cm³/mol. The van der Waals surface area contributed by atoms with Crippen molar-refractivity contribution < 1.29 is 18.8 Å². The molecule has 0 saturated carbocycles. The Kier molecular flexibility index (Phi) is 5.87. The van der Waals surface area contributed by atoms with Crippen molar-refractivity contribution >= 4 is 27.5 Å². The molecule has 8 heteroatoms. The summed E-state index contributed by atoms with van der Waals surface area (Å²) in [6.07, 6.45) is 4.45. The van der Waals surface area contributed by atoms with E-state index in [1.807, 2.05) is 25.1 Å². The number of hydrogen-bond acceptors (Lipinski definition) is 7. The summed E-state index contributed by atoms with van der Waals surface area (Å²) in [6, 6.07) is 7.40. The molecule has 1 saturated heterocycles. The average molecular weight is 401 g/mol. The van der Waals surface area contributed by atoms with Gasteiger partial charge in [-0.15, -0.1) is 11.3 Å². The van der Waals surface area contributed by atoms with Crippen LogP contribution < -0.4 is 10.1 Å². The van der Waals surface area contributed by atoms with E-state index in [1.165, 1.54) is 6.42 Å². The summed E-state index contributed by atoms with van der Waals surface area (Å²) >= 11 is 1.65. The highest BCUT2D eigenvalue weighted by atomic mass is 32.1. The number of benzene rings is 1. The van der Waals surface area contributed by atoms with Crippen LogP contribution >= 0.6 is 11.3 Å². The molecule has 0 radical (unpaired) electrons. The van der Waals surface area contributed by atoms with Crippen molar-refractivity contribution in [2.24, 2.45) is 0 Å². The molecule has 1 amide bonds. The predicted octanol–water partition coefficient (Wildman–Crippen LogP) is 3.86. The number of nitrogens with zero attached hydrogens (tertiary/aromatic N) is 2. The molecule has 4 rings (SSSR count). The Bertz CT molecular complexity index is 946. The first-order chi connectivity index (χ1) is 13.7. The van der Waals surface area contributed by atoms with Gasteiger partial charge < -0.3 is 19.3 Å². The molecule has 1 aliphatic rings. The summed E-state index contributed by atoms with van der Waals surface area (Å²) < 4.78 is 17.8. The Morgan fingerprint density at radius 3 is 3.14 bits per heavy atom. The van der Waals surface area contributed by atoms with Gasteiger partial charge in [0.2, 0.25) is 0 Å². The Labute approximate surface area is 167 Å². The van der Waals surface area contributed by atoms with E-state index in [4.69, 9.17) is 14.0 Å². The second kappa shape index (κ2) is 8.70. The highest BCUT2D eigenvalue weighted by Crippen LogP contribution is 2.26. The maximum atomic E-state index is 12.2. The largest absolute Gasteiger partial charge is 0.485 e. The lowest BCUT2D eigenvalue weighted by atomic mass is 10.1. The molecule has 1 N–H and O–H groups in total. The van der Waals surface area contributed by atoms with Gasteiger partial charge in [-0.3, -0.25) is 4.79 Å². The van der Waals surface area contributed by atoms with Gasteiger partial charge in [0.15, 0.2) is 11.5 Å². The Balaban J connectivity index is 1.26. The number of rotatable bonds is 7. The minimum atomic E-state index is -0.245. The van der Waals surface area contributed by atoms with Crippen LogP contribution in [0.1, 0.15) is 46.9 Å². The molecule has 0 unspecified atom stereocenters. The summed E-state index contributed by atoms with van der Waals surface area (Å²) in [7, 11) is 0. The molecule has 0 spiro atoms. The maximum Gasteiger partial charge on any atom is 0.273 e. The number of ether oxygens (including phenoxy) is 2. The summed E-state index contributed by atoms with van der Waals surface area (Å²) in [5, 5.41) is 7.73. The van der Waals surface area contributed by atoms with Crippen molar-refractivity contribution in [2.45, 2.75) is 45.3 Å². The number of fused-ring (bicyclic) bond motifs is 1. The Morgan fingerprint density at radius 2 is 2.29 bits per heavy atom. The molecular weight excluding hydrogens is 378 g/mol. The molecule has 3 heterocycles. The first-order valence-corrected chi connectivity index (χ1v) is 10.3. The van der Waals surface area contributed by atoms with Crippen molar-refractivity contribution in [2.75, 3.05) is 13.2 Å². The van der Waals surface area contributed by atoms with Crippen molar-refractivity contribution in [3.05, 3.63) is 40.7 Å². The Hall–Kier alpha value is -2.45. The molecule has 0 aliphatic carbocycles. The van der Waals surface area contributed by atoms with Gasteiger partial charge in [0.1, 0.15) is 12.4 Å². The zero-order valence-corrected chi connectivity index (χ0v) is 16.6. The monoisotopic (exact) mass is 401 g/mol. The second-order valence-electron chi connectivity index (χ2n) is 6.86. The van der Waals surface area contributed by atoms with Gasteiger partial charge in [0.25, 0.3) is 5.91 Å². The zero-order valence-electron chi connectivity index (χ0n) is 15.8. The first-order valence-electron chi connectivity index (χ1n) is 9.53. The fourth-order valence-electron chi connectivity index (χ4n) is 3.23. The number of hydrogen-bond donors (Lipinski definition) is 1. The maximum absolute atomic E-state index is 12.2. The molecule has 7 nitrogen and oxygen atoms in total. The molecule has 148 valence electrons. The van der Waals surface area contributed by atoms with Crippen LogP contribution in [0.3, 0.4) is 0 Å². The van der Waals surface area contributed by atoms with Gasteiger partial charge >= 0.3 is 0 Å². The van der Waals surface area contributed by atoms with Crippen molar-refractivity contribution in [1.82, 2.24) is 15.5 Å². The summed E-state index contributed by atoms with van der Waals surface area (Å²) in [6.45, 7) is 3.56. The molecule has 0 bridgehead atoms. The van der Waals surface area contributed by atoms with Gasteiger partial charge in [0, 0.05) is 25.3 Å². The molecule has 1 fully saturated rings. The number of aromatic nitrogens is 2. The minimum absolute atomic E-state index is 0.199. The number of amides is 1. The van der Waals surface area contributed by atoms with Crippen LogP contribution in [-0.2, 0) is 11.3 Å². The smallest absolute Gasteiger partial charge is 0.273 e. The van der Waals surface area contributed by atoms with Crippen molar-refractivity contribution in [1.29, 1.82) is 0 Å². The van der Waals surface area contributed by atoms with E-state index in [0.29, 0.717) is 18.1 Å². The fraction of sp³-hybridized carbons (Fsp3) is 0.450. The highest BCUT2D eigenvalue weighted by molar-refractivity contribution is 7.18. The third-order valence-electron chi connectivity index (χ3n) is 4.66. The third kappa shape index (κ3) is 4.69. The number of carbonyl (C=O) groups is 1. The van der Waals surface area contributed by atoms with E-state index in [0.717, 1.165) is 41.1 Å². The number of nitrogens with one attached hydrogen (secondary N) is 1. The SMILES string of the molecule is Cc1nc2cc(OCc3cc(C(=O)NCC[C@@H]4CCCCO4)no3)ccc2s1. The first kappa shape index (κ1) is 18.9. The zero-order chi connectivity index (χ0) is 19.3. The molecule has 1 atom stereocenters. The molecule has 1 aromatic carbocycles. The van der Waals surface area contributed by atoms with Crippen LogP contribution in [0.2, 0.25) is 0 Å². The number of carbonyl (C=O) groups excluding carboxylic acids is 1. The van der Waals surface area contributed by atoms with E-state index in [1.54, 1.807) is 17.4 Å². The van der Waals surface area contributed by atoms with Crippen LogP contribution in [0.4, 0.5) is 0 Å². The third-order valence-corrected chi connectivity index (χ3v) is 5.62. The summed E-state index contributed by atoms with van der Waals surface area (Å²) in [5.41, 5.74) is 1.17. The molecule has 1 aliphatic heterocycles. The number of aryl methyl sites for hydroxylation is 1. The molecule has 3 aromatic rings. The minimum Gasteiger partial charge on any atom is -0.485 e. The standard InChI is InChI=1S/C20H23N3O4S/c1-13-22-17-10-15(5-6-19(17)28-13)26-12-16-11-18(23-27-16)20(24)21-8-7-14-4-2-3-9-25-14/h5-6,10-11,14H,2-4,7-9,12H2,1H3,(H,21,24)/t14-/m0/s1. The van der Waals surface area contributed by atoms with Crippen LogP contribution in [0.15, 0.2) is 28.8 Å². The van der Waals surface area contributed by atoms with Gasteiger partial charge in [0.05, 0.1) is 21.3 Å².